The van der Waals surface area contributed by atoms with Gasteiger partial charge in [-0.1, -0.05) is 41.4 Å². The summed E-state index contributed by atoms with van der Waals surface area (Å²) in [6.45, 7) is 2.20. The highest BCUT2D eigenvalue weighted by atomic mass is 35.5. The minimum atomic E-state index is -0.491. The molecule has 0 spiro atoms. The fraction of sp³-hybridized carbons (Fsp3) is 0.0870. The average molecular weight is 457 g/mol. The second-order valence-corrected chi connectivity index (χ2v) is 7.06. The molecule has 158 valence electrons. The van der Waals surface area contributed by atoms with Gasteiger partial charge in [-0.2, -0.15) is 5.10 Å². The smallest absolute Gasteiger partial charge is 0.343 e. The van der Waals surface area contributed by atoms with Crippen molar-refractivity contribution in [1.82, 2.24) is 5.43 Å². The van der Waals surface area contributed by atoms with Gasteiger partial charge in [0, 0.05) is 5.02 Å². The molecule has 0 radical (unpaired) electrons. The molecule has 31 heavy (non-hydrogen) atoms. The van der Waals surface area contributed by atoms with Crippen LogP contribution in [0.5, 0.6) is 11.5 Å². The highest BCUT2D eigenvalue weighted by Crippen LogP contribution is 2.29. The van der Waals surface area contributed by atoms with Crippen LogP contribution in [-0.2, 0) is 0 Å². The first-order valence-electron chi connectivity index (χ1n) is 9.30. The molecule has 0 fully saturated rings. The first kappa shape index (κ1) is 22.3. The number of esters is 1. The van der Waals surface area contributed by atoms with Crippen LogP contribution < -0.4 is 14.9 Å². The SMILES string of the molecule is CCOc1cc(/C=N\NC(=O)c2ccc(Cl)cc2Cl)ccc1OC(=O)c1ccccc1. The van der Waals surface area contributed by atoms with Gasteiger partial charge in [-0.15, -0.1) is 0 Å². The van der Waals surface area contributed by atoms with E-state index in [0.717, 1.165) is 0 Å². The van der Waals surface area contributed by atoms with Crippen molar-refractivity contribution < 1.29 is 19.1 Å². The maximum absolute atomic E-state index is 12.3. The molecule has 0 aliphatic heterocycles. The molecule has 0 bridgehead atoms. The third kappa shape index (κ3) is 6.07. The summed E-state index contributed by atoms with van der Waals surface area (Å²) in [5.74, 6) is -0.306. The predicted molar refractivity (Wildman–Crippen MR) is 121 cm³/mol. The molecule has 3 aromatic rings. The lowest BCUT2D eigenvalue weighted by molar-refractivity contribution is 0.0728. The summed E-state index contributed by atoms with van der Waals surface area (Å²) in [4.78, 5) is 24.5. The minimum Gasteiger partial charge on any atom is -0.490 e. The zero-order valence-electron chi connectivity index (χ0n) is 16.5. The third-order valence-corrected chi connectivity index (χ3v) is 4.58. The maximum atomic E-state index is 12.3. The fourth-order valence-electron chi connectivity index (χ4n) is 2.59. The Morgan fingerprint density at radius 2 is 1.77 bits per heavy atom. The molecule has 6 nitrogen and oxygen atoms in total. The van der Waals surface area contributed by atoms with Gasteiger partial charge in [0.1, 0.15) is 0 Å². The van der Waals surface area contributed by atoms with E-state index in [4.69, 9.17) is 32.7 Å². The van der Waals surface area contributed by atoms with Gasteiger partial charge in [0.25, 0.3) is 5.91 Å². The van der Waals surface area contributed by atoms with Gasteiger partial charge < -0.3 is 9.47 Å². The molecule has 0 saturated carbocycles. The van der Waals surface area contributed by atoms with Crippen LogP contribution in [0.4, 0.5) is 0 Å². The molecule has 8 heteroatoms. The molecule has 0 aromatic heterocycles. The number of halogens is 2. The fourth-order valence-corrected chi connectivity index (χ4v) is 3.08. The molecule has 0 unspecified atom stereocenters. The normalized spacial score (nSPS) is 10.7. The molecule has 1 N–H and O–H groups in total. The van der Waals surface area contributed by atoms with E-state index in [1.54, 1.807) is 48.5 Å². The van der Waals surface area contributed by atoms with E-state index in [1.807, 2.05) is 13.0 Å². The summed E-state index contributed by atoms with van der Waals surface area (Å²) in [5.41, 5.74) is 3.72. The number of benzene rings is 3. The van der Waals surface area contributed by atoms with Crippen molar-refractivity contribution in [3.8, 4) is 11.5 Å². The first-order chi connectivity index (χ1) is 15.0. The Labute approximate surface area is 189 Å². The largest absolute Gasteiger partial charge is 0.490 e. The quantitative estimate of drug-likeness (QED) is 0.224. The lowest BCUT2D eigenvalue weighted by Crippen LogP contribution is -2.18. The van der Waals surface area contributed by atoms with Gasteiger partial charge in [-0.05, 0) is 61.0 Å². The van der Waals surface area contributed by atoms with Crippen molar-refractivity contribution in [3.05, 3.63) is 93.5 Å². The lowest BCUT2D eigenvalue weighted by atomic mass is 10.2. The van der Waals surface area contributed by atoms with Crippen molar-refractivity contribution in [3.63, 3.8) is 0 Å². The summed E-state index contributed by atoms with van der Waals surface area (Å²) in [7, 11) is 0. The Morgan fingerprint density at radius 3 is 2.48 bits per heavy atom. The Balaban J connectivity index is 1.71. The van der Waals surface area contributed by atoms with Crippen LogP contribution in [0.3, 0.4) is 0 Å². The van der Waals surface area contributed by atoms with Gasteiger partial charge in [0.05, 0.1) is 29.0 Å². The zero-order valence-corrected chi connectivity index (χ0v) is 18.0. The molecule has 1 amide bonds. The highest BCUT2D eigenvalue weighted by molar-refractivity contribution is 6.36. The molecule has 0 aliphatic rings. The summed E-state index contributed by atoms with van der Waals surface area (Å²) >= 11 is 11.9. The van der Waals surface area contributed by atoms with Crippen LogP contribution >= 0.6 is 23.2 Å². The Morgan fingerprint density at radius 1 is 1.00 bits per heavy atom. The standard InChI is InChI=1S/C23H18Cl2N2O4/c1-2-30-21-12-15(8-11-20(21)31-23(29)16-6-4-3-5-7-16)14-26-27-22(28)18-10-9-17(24)13-19(18)25/h3-14H,2H2,1H3,(H,27,28)/b26-14-. The van der Waals surface area contributed by atoms with E-state index >= 15 is 0 Å². The van der Waals surface area contributed by atoms with Crippen LogP contribution in [0.2, 0.25) is 10.0 Å². The van der Waals surface area contributed by atoms with E-state index in [1.165, 1.54) is 18.3 Å². The van der Waals surface area contributed by atoms with E-state index in [-0.39, 0.29) is 16.3 Å². The lowest BCUT2D eigenvalue weighted by Gasteiger charge is -2.11. The predicted octanol–water partition coefficient (Wildman–Crippen LogP) is 5.38. The second kappa shape index (κ2) is 10.6. The molecule has 0 atom stereocenters. The third-order valence-electron chi connectivity index (χ3n) is 4.04. The number of hydrogen-bond acceptors (Lipinski definition) is 5. The monoisotopic (exact) mass is 456 g/mol. The molecule has 3 aromatic carbocycles. The number of nitrogens with one attached hydrogen (secondary N) is 1. The second-order valence-electron chi connectivity index (χ2n) is 6.22. The van der Waals surface area contributed by atoms with Gasteiger partial charge in [-0.25, -0.2) is 10.2 Å². The average Bonchev–Trinajstić information content (AvgIpc) is 2.76. The topological polar surface area (TPSA) is 77.0 Å². The highest BCUT2D eigenvalue weighted by Gasteiger charge is 2.13. The van der Waals surface area contributed by atoms with Gasteiger partial charge >= 0.3 is 5.97 Å². The number of hydrogen-bond donors (Lipinski definition) is 1. The molecule has 0 aliphatic carbocycles. The molecular formula is C23H18Cl2N2O4. The summed E-state index contributed by atoms with van der Waals surface area (Å²) in [5, 5.41) is 4.60. The Hall–Kier alpha value is -3.35. The number of carbonyl (C=O) groups excluding carboxylic acids is 2. The molecule has 0 saturated heterocycles. The van der Waals surface area contributed by atoms with E-state index < -0.39 is 11.9 Å². The number of hydrazone groups is 1. The van der Waals surface area contributed by atoms with Gasteiger partial charge in [-0.3, -0.25) is 4.79 Å². The number of amides is 1. The van der Waals surface area contributed by atoms with Crippen LogP contribution in [-0.4, -0.2) is 24.7 Å². The zero-order chi connectivity index (χ0) is 22.2. The number of rotatable bonds is 7. The van der Waals surface area contributed by atoms with Crippen molar-refractivity contribution in [2.75, 3.05) is 6.61 Å². The van der Waals surface area contributed by atoms with Crippen LogP contribution in [0, 0.1) is 0 Å². The minimum absolute atomic E-state index is 0.225. The summed E-state index contributed by atoms with van der Waals surface area (Å²) in [6, 6.07) is 18.2. The molecule has 3 rings (SSSR count). The summed E-state index contributed by atoms with van der Waals surface area (Å²) in [6.07, 6.45) is 1.44. The molecular weight excluding hydrogens is 439 g/mol. The first-order valence-corrected chi connectivity index (χ1v) is 10.1. The van der Waals surface area contributed by atoms with Gasteiger partial charge in [0.15, 0.2) is 11.5 Å². The van der Waals surface area contributed by atoms with Crippen molar-refractivity contribution in [2.24, 2.45) is 5.10 Å². The number of carbonyl (C=O) groups is 2. The van der Waals surface area contributed by atoms with E-state index in [0.29, 0.717) is 28.5 Å². The van der Waals surface area contributed by atoms with E-state index in [2.05, 4.69) is 10.5 Å². The summed E-state index contributed by atoms with van der Waals surface area (Å²) < 4.78 is 11.0. The van der Waals surface area contributed by atoms with E-state index in [9.17, 15) is 9.59 Å². The van der Waals surface area contributed by atoms with Crippen LogP contribution in [0.1, 0.15) is 33.2 Å². The molecule has 0 heterocycles. The van der Waals surface area contributed by atoms with Crippen molar-refractivity contribution in [1.29, 1.82) is 0 Å². The number of nitrogens with zero attached hydrogens (tertiary/aromatic N) is 1. The number of ether oxygens (including phenoxy) is 2. The Kier molecular flexibility index (Phi) is 7.65. The van der Waals surface area contributed by atoms with Crippen molar-refractivity contribution in [2.45, 2.75) is 6.92 Å². The van der Waals surface area contributed by atoms with Crippen LogP contribution in [0.15, 0.2) is 71.8 Å². The van der Waals surface area contributed by atoms with Crippen molar-refractivity contribution >= 4 is 41.3 Å². The maximum Gasteiger partial charge on any atom is 0.343 e. The van der Waals surface area contributed by atoms with Gasteiger partial charge in [0.2, 0.25) is 0 Å². The Bertz CT molecular complexity index is 1120. The van der Waals surface area contributed by atoms with Crippen LogP contribution in [0.25, 0.3) is 0 Å².